The highest BCUT2D eigenvalue weighted by molar-refractivity contribution is 7.89. The van der Waals surface area contributed by atoms with Crippen LogP contribution in [0.15, 0.2) is 59.8 Å². The predicted molar refractivity (Wildman–Crippen MR) is 144 cm³/mol. The molecule has 202 valence electrons. The van der Waals surface area contributed by atoms with Crippen LogP contribution in [-0.4, -0.2) is 75.6 Å². The fraction of sp³-hybridized carbons (Fsp3) is 0.320. The average Bonchev–Trinajstić information content (AvgIpc) is 3.37. The number of rotatable bonds is 9. The number of amides is 2. The molecule has 1 saturated heterocycles. The number of nitrogens with zero attached hydrogens (tertiary/aromatic N) is 2. The lowest BCUT2D eigenvalue weighted by Gasteiger charge is -2.36. The van der Waals surface area contributed by atoms with Crippen molar-refractivity contribution in [1.82, 2.24) is 19.9 Å². The molecule has 2 N–H and O–H groups in total. The number of ether oxygens (including phenoxy) is 2. The molecule has 0 unspecified atom stereocenters. The number of carbonyl (C=O) groups excluding carboxylic acids is 2. The van der Waals surface area contributed by atoms with Crippen molar-refractivity contribution < 1.29 is 27.5 Å². The van der Waals surface area contributed by atoms with Crippen LogP contribution in [0.3, 0.4) is 0 Å². The Hall–Kier alpha value is -3.03. The quantitative estimate of drug-likeness (QED) is 0.400. The summed E-state index contributed by atoms with van der Waals surface area (Å²) in [5.74, 6) is -0.836. The van der Waals surface area contributed by atoms with Crippen LogP contribution >= 0.6 is 22.9 Å². The molecule has 1 aliphatic rings. The number of para-hydroxylation sites is 1. The molecule has 0 saturated carbocycles. The van der Waals surface area contributed by atoms with Crippen LogP contribution in [0.4, 0.5) is 0 Å². The molecule has 3 aromatic rings. The van der Waals surface area contributed by atoms with Gasteiger partial charge in [0.05, 0.1) is 35.6 Å². The summed E-state index contributed by atoms with van der Waals surface area (Å²) >= 11 is 7.01. The van der Waals surface area contributed by atoms with Crippen molar-refractivity contribution in [2.24, 2.45) is 0 Å². The number of morpholine rings is 1. The van der Waals surface area contributed by atoms with Gasteiger partial charge in [0.1, 0.15) is 16.7 Å². The highest BCUT2D eigenvalue weighted by Gasteiger charge is 2.34. The zero-order valence-corrected chi connectivity index (χ0v) is 23.1. The number of methoxy groups -OCH3 is 1. The number of carbonyl (C=O) groups is 2. The van der Waals surface area contributed by atoms with Crippen molar-refractivity contribution in [2.75, 3.05) is 33.4 Å². The number of halogens is 1. The number of hydrogen-bond donors (Lipinski definition) is 2. The van der Waals surface area contributed by atoms with E-state index in [4.69, 9.17) is 21.1 Å². The second-order valence-electron chi connectivity index (χ2n) is 8.52. The summed E-state index contributed by atoms with van der Waals surface area (Å²) in [6.45, 7) is 2.49. The molecule has 0 spiro atoms. The topological polar surface area (TPSA) is 127 Å². The maximum atomic E-state index is 13.7. The molecule has 3 heterocycles. The Morgan fingerprint density at radius 3 is 2.74 bits per heavy atom. The normalized spacial score (nSPS) is 16.6. The molecule has 2 amide bonds. The third kappa shape index (κ3) is 6.33. The van der Waals surface area contributed by atoms with Gasteiger partial charge in [-0.3, -0.25) is 14.6 Å². The van der Waals surface area contributed by atoms with E-state index in [0.29, 0.717) is 40.1 Å². The molecule has 1 aromatic carbocycles. The lowest BCUT2D eigenvalue weighted by Crippen LogP contribution is -2.58. The fourth-order valence-corrected chi connectivity index (χ4v) is 6.43. The summed E-state index contributed by atoms with van der Waals surface area (Å²) in [5, 5.41) is 2.65. The van der Waals surface area contributed by atoms with Gasteiger partial charge in [0.2, 0.25) is 15.9 Å². The summed E-state index contributed by atoms with van der Waals surface area (Å²) in [4.78, 5) is 32.0. The zero-order valence-electron chi connectivity index (χ0n) is 20.7. The Balaban J connectivity index is 1.64. The largest absolute Gasteiger partial charge is 0.495 e. The average molecular weight is 579 g/mol. The van der Waals surface area contributed by atoms with E-state index in [9.17, 15) is 18.0 Å². The van der Waals surface area contributed by atoms with Crippen LogP contribution in [0.2, 0.25) is 4.34 Å². The Morgan fingerprint density at radius 2 is 2.08 bits per heavy atom. The van der Waals surface area contributed by atoms with Gasteiger partial charge in [0, 0.05) is 36.6 Å². The van der Waals surface area contributed by atoms with E-state index in [1.807, 2.05) is 6.92 Å². The lowest BCUT2D eigenvalue weighted by atomic mass is 10.1. The second kappa shape index (κ2) is 12.2. The van der Waals surface area contributed by atoms with Crippen LogP contribution in [0.1, 0.15) is 16.6 Å². The van der Waals surface area contributed by atoms with Gasteiger partial charge >= 0.3 is 0 Å². The van der Waals surface area contributed by atoms with E-state index in [1.165, 1.54) is 13.2 Å². The standard InChI is InChI=1S/C25H27ClN4O6S2/c1-16-15-36-12-11-30(16)25(32)19(14-28-24(31)20-8-9-22(26)37-20)29-38(33,34)21-7-3-6-18(23(21)35-2)17-5-4-10-27-13-17/h3-10,13,16,19,29H,11-12,14-15H2,1-2H3,(H,28,31)/t16-,19-/m0/s1. The second-order valence-corrected chi connectivity index (χ2v) is 11.9. The highest BCUT2D eigenvalue weighted by Crippen LogP contribution is 2.35. The Morgan fingerprint density at radius 1 is 1.26 bits per heavy atom. The molecule has 0 radical (unpaired) electrons. The van der Waals surface area contributed by atoms with Crippen LogP contribution in [0.25, 0.3) is 11.1 Å². The minimum atomic E-state index is -4.29. The van der Waals surface area contributed by atoms with Gasteiger partial charge in [-0.25, -0.2) is 8.42 Å². The summed E-state index contributed by atoms with van der Waals surface area (Å²) in [6.07, 6.45) is 3.21. The van der Waals surface area contributed by atoms with Gasteiger partial charge in [-0.15, -0.1) is 11.3 Å². The van der Waals surface area contributed by atoms with Gasteiger partial charge in [0.15, 0.2) is 0 Å². The number of benzene rings is 1. The SMILES string of the molecule is COc1c(-c2cccnc2)cccc1S(=O)(=O)N[C@@H](CNC(=O)c1ccc(Cl)s1)C(=O)N1CCOC[C@@H]1C. The first-order chi connectivity index (χ1) is 18.2. The molecule has 13 heteroatoms. The van der Waals surface area contributed by atoms with E-state index in [0.717, 1.165) is 11.3 Å². The number of hydrogen-bond acceptors (Lipinski definition) is 8. The van der Waals surface area contributed by atoms with Gasteiger partial charge in [-0.05, 0) is 31.2 Å². The van der Waals surface area contributed by atoms with Crippen LogP contribution in [-0.2, 0) is 19.6 Å². The third-order valence-corrected chi connectivity index (χ3v) is 8.68. The van der Waals surface area contributed by atoms with Crippen molar-refractivity contribution in [1.29, 1.82) is 0 Å². The molecular formula is C25H27ClN4O6S2. The van der Waals surface area contributed by atoms with Gasteiger partial charge in [-0.2, -0.15) is 4.72 Å². The van der Waals surface area contributed by atoms with E-state index >= 15 is 0 Å². The summed E-state index contributed by atoms with van der Waals surface area (Å²) in [7, 11) is -2.91. The smallest absolute Gasteiger partial charge is 0.261 e. The van der Waals surface area contributed by atoms with E-state index in [1.54, 1.807) is 53.7 Å². The lowest BCUT2D eigenvalue weighted by molar-refractivity contribution is -0.140. The first kappa shape index (κ1) is 28.0. The van der Waals surface area contributed by atoms with Crippen molar-refractivity contribution in [3.8, 4) is 16.9 Å². The summed E-state index contributed by atoms with van der Waals surface area (Å²) in [6, 6.07) is 9.81. The fourth-order valence-electron chi connectivity index (χ4n) is 4.09. The molecular weight excluding hydrogens is 552 g/mol. The molecule has 4 rings (SSSR count). The molecule has 1 aliphatic heterocycles. The van der Waals surface area contributed by atoms with Crippen molar-refractivity contribution in [2.45, 2.75) is 23.9 Å². The molecule has 0 bridgehead atoms. The van der Waals surface area contributed by atoms with Crippen molar-refractivity contribution >= 4 is 44.8 Å². The highest BCUT2D eigenvalue weighted by atomic mass is 35.5. The molecule has 38 heavy (non-hydrogen) atoms. The molecule has 0 aliphatic carbocycles. The monoisotopic (exact) mass is 578 g/mol. The maximum absolute atomic E-state index is 13.7. The number of pyridine rings is 1. The molecule has 2 atom stereocenters. The van der Waals surface area contributed by atoms with Crippen molar-refractivity contribution in [3.63, 3.8) is 0 Å². The number of nitrogens with one attached hydrogen (secondary N) is 2. The van der Waals surface area contributed by atoms with Crippen molar-refractivity contribution in [3.05, 3.63) is 64.1 Å². The Bertz CT molecular complexity index is 1400. The van der Waals surface area contributed by atoms with E-state index in [-0.39, 0.29) is 23.2 Å². The molecule has 2 aromatic heterocycles. The predicted octanol–water partition coefficient (Wildman–Crippen LogP) is 2.80. The number of thiophene rings is 1. The molecule has 10 nitrogen and oxygen atoms in total. The minimum Gasteiger partial charge on any atom is -0.495 e. The van der Waals surface area contributed by atoms with E-state index < -0.39 is 27.9 Å². The Labute approximate surface area is 230 Å². The zero-order chi connectivity index (χ0) is 27.3. The number of aromatic nitrogens is 1. The maximum Gasteiger partial charge on any atom is 0.261 e. The van der Waals surface area contributed by atoms with Crippen LogP contribution in [0.5, 0.6) is 5.75 Å². The van der Waals surface area contributed by atoms with Gasteiger partial charge < -0.3 is 19.7 Å². The third-order valence-electron chi connectivity index (χ3n) is 5.96. The number of sulfonamides is 1. The summed E-state index contributed by atoms with van der Waals surface area (Å²) < 4.78 is 41.2. The molecule has 1 fully saturated rings. The summed E-state index contributed by atoms with van der Waals surface area (Å²) in [5.41, 5.74) is 1.19. The van der Waals surface area contributed by atoms with Gasteiger partial charge in [-0.1, -0.05) is 29.8 Å². The minimum absolute atomic E-state index is 0.108. The first-order valence-corrected chi connectivity index (χ1v) is 14.4. The Kier molecular flexibility index (Phi) is 9.00. The van der Waals surface area contributed by atoms with Gasteiger partial charge in [0.25, 0.3) is 5.91 Å². The van der Waals surface area contributed by atoms with Crippen LogP contribution < -0.4 is 14.8 Å². The van der Waals surface area contributed by atoms with E-state index in [2.05, 4.69) is 15.0 Å². The first-order valence-electron chi connectivity index (χ1n) is 11.7. The van der Waals surface area contributed by atoms with Crippen LogP contribution in [0, 0.1) is 0 Å².